The van der Waals surface area contributed by atoms with Crippen LogP contribution in [-0.4, -0.2) is 28.5 Å². The van der Waals surface area contributed by atoms with Gasteiger partial charge in [-0.25, -0.2) is 4.79 Å². The number of carbonyl (C=O) groups excluding carboxylic acids is 2. The number of furan rings is 1. The van der Waals surface area contributed by atoms with Gasteiger partial charge < -0.3 is 14.3 Å². The maximum absolute atomic E-state index is 13.6. The summed E-state index contributed by atoms with van der Waals surface area (Å²) in [5.41, 5.74) is 2.28. The van der Waals surface area contributed by atoms with Crippen LogP contribution in [0, 0.1) is 10.1 Å². The van der Waals surface area contributed by atoms with Crippen LogP contribution in [0.5, 0.6) is 5.75 Å². The summed E-state index contributed by atoms with van der Waals surface area (Å²) in [5.74, 6) is -0.237. The Kier molecular flexibility index (Phi) is 6.79. The van der Waals surface area contributed by atoms with Gasteiger partial charge in [-0.1, -0.05) is 42.5 Å². The third-order valence-corrected chi connectivity index (χ3v) is 6.07. The Balaban J connectivity index is 1.50. The van der Waals surface area contributed by atoms with Crippen LogP contribution in [0.1, 0.15) is 28.6 Å². The molecule has 0 aliphatic carbocycles. The average molecular weight is 523 g/mol. The van der Waals surface area contributed by atoms with Crippen LogP contribution in [0.15, 0.2) is 101 Å². The molecule has 194 valence electrons. The van der Waals surface area contributed by atoms with Crippen LogP contribution in [0.3, 0.4) is 0 Å². The summed E-state index contributed by atoms with van der Waals surface area (Å²) < 4.78 is 11.0. The normalized spacial score (nSPS) is 14.0. The number of nitro groups is 1. The van der Waals surface area contributed by atoms with Gasteiger partial charge in [0.25, 0.3) is 11.6 Å². The highest BCUT2D eigenvalue weighted by Crippen LogP contribution is 2.41. The number of aromatic hydroxyl groups is 1. The van der Waals surface area contributed by atoms with E-state index in [9.17, 15) is 24.8 Å². The Morgan fingerprint density at radius 3 is 2.46 bits per heavy atom. The highest BCUT2D eigenvalue weighted by atomic mass is 16.6. The average Bonchev–Trinajstić information content (AvgIpc) is 3.54. The summed E-state index contributed by atoms with van der Waals surface area (Å²) in [7, 11) is 0. The Morgan fingerprint density at radius 1 is 1.03 bits per heavy atom. The van der Waals surface area contributed by atoms with Gasteiger partial charge >= 0.3 is 5.97 Å². The number of carbonyl (C=O) groups is 2. The summed E-state index contributed by atoms with van der Waals surface area (Å²) in [4.78, 5) is 37.5. The second-order valence-corrected chi connectivity index (χ2v) is 8.57. The van der Waals surface area contributed by atoms with Gasteiger partial charge in [-0.05, 0) is 55.0 Å². The molecule has 1 N–H and O–H groups in total. The fraction of sp³-hybridized carbons (Fsp3) is 0.0667. The van der Waals surface area contributed by atoms with E-state index in [1.165, 1.54) is 17.0 Å². The van der Waals surface area contributed by atoms with Crippen LogP contribution < -0.4 is 4.90 Å². The molecule has 5 rings (SSSR count). The molecule has 9 heteroatoms. The second kappa shape index (κ2) is 10.5. The zero-order chi connectivity index (χ0) is 27.5. The lowest BCUT2D eigenvalue weighted by Gasteiger charge is -2.21. The van der Waals surface area contributed by atoms with E-state index in [0.717, 1.165) is 11.6 Å². The van der Waals surface area contributed by atoms with Crippen LogP contribution in [0.2, 0.25) is 0 Å². The van der Waals surface area contributed by atoms with Crippen LogP contribution in [-0.2, 0) is 9.53 Å². The quantitative estimate of drug-likeness (QED) is 0.132. The maximum atomic E-state index is 13.6. The van der Waals surface area contributed by atoms with Crippen LogP contribution >= 0.6 is 0 Å². The molecule has 9 nitrogen and oxygen atoms in total. The molecule has 0 saturated heterocycles. The van der Waals surface area contributed by atoms with Crippen molar-refractivity contribution in [1.82, 2.24) is 0 Å². The fourth-order valence-electron chi connectivity index (χ4n) is 4.20. The minimum atomic E-state index is -0.588. The summed E-state index contributed by atoms with van der Waals surface area (Å²) >= 11 is 0. The Hall–Kier alpha value is -5.44. The number of hydrogen-bond donors (Lipinski definition) is 1. The van der Waals surface area contributed by atoms with Crippen molar-refractivity contribution in [2.24, 2.45) is 0 Å². The number of amides is 1. The molecule has 1 aliphatic heterocycles. The molecule has 0 radical (unpaired) electrons. The number of benzene rings is 3. The van der Waals surface area contributed by atoms with E-state index in [-0.39, 0.29) is 29.3 Å². The topological polar surface area (TPSA) is 123 Å². The van der Waals surface area contributed by atoms with E-state index in [2.05, 4.69) is 0 Å². The lowest BCUT2D eigenvalue weighted by molar-refractivity contribution is -0.384. The number of hydrogen-bond acceptors (Lipinski definition) is 7. The summed E-state index contributed by atoms with van der Waals surface area (Å²) in [5, 5.41) is 21.9. The van der Waals surface area contributed by atoms with E-state index in [4.69, 9.17) is 9.15 Å². The van der Waals surface area contributed by atoms with E-state index in [0.29, 0.717) is 28.3 Å². The van der Waals surface area contributed by atoms with E-state index in [1.54, 1.807) is 79.7 Å². The highest BCUT2D eigenvalue weighted by Gasteiger charge is 2.33. The molecule has 0 bridgehead atoms. The first-order valence-corrected chi connectivity index (χ1v) is 12.0. The first-order chi connectivity index (χ1) is 18.9. The second-order valence-electron chi connectivity index (χ2n) is 8.57. The SMILES string of the molecule is CCOC(=O)c1ccc(-c2ccc(/C=C3/C=C(c4ccccc4)N(c4cc([N+](=O)[O-])ccc4O)C3=O)o2)cc1. The van der Waals surface area contributed by atoms with Gasteiger partial charge in [0.2, 0.25) is 0 Å². The van der Waals surface area contributed by atoms with Crippen LogP contribution in [0.4, 0.5) is 11.4 Å². The van der Waals surface area contributed by atoms with Gasteiger partial charge in [0.05, 0.1) is 28.5 Å². The van der Waals surface area contributed by atoms with Crippen molar-refractivity contribution < 1.29 is 28.8 Å². The van der Waals surface area contributed by atoms with Crippen molar-refractivity contribution >= 4 is 35.0 Å². The Labute approximate surface area is 223 Å². The first-order valence-electron chi connectivity index (χ1n) is 12.0. The number of ether oxygens (including phenoxy) is 1. The van der Waals surface area contributed by atoms with Gasteiger partial charge in [-0.15, -0.1) is 0 Å². The van der Waals surface area contributed by atoms with Gasteiger partial charge in [0, 0.05) is 23.3 Å². The number of non-ortho nitro benzene ring substituents is 1. The number of phenolic OH excluding ortho intramolecular Hbond substituents is 1. The Morgan fingerprint density at radius 2 is 1.77 bits per heavy atom. The molecule has 0 spiro atoms. The van der Waals surface area contributed by atoms with Crippen molar-refractivity contribution in [3.8, 4) is 17.1 Å². The van der Waals surface area contributed by atoms with E-state index >= 15 is 0 Å². The van der Waals surface area contributed by atoms with Gasteiger partial charge in [-0.3, -0.25) is 19.8 Å². The molecule has 2 heterocycles. The Bertz CT molecular complexity index is 1630. The van der Waals surface area contributed by atoms with Crippen molar-refractivity contribution in [2.75, 3.05) is 11.5 Å². The largest absolute Gasteiger partial charge is 0.506 e. The van der Waals surface area contributed by atoms with Gasteiger partial charge in [0.15, 0.2) is 0 Å². The molecule has 1 aromatic heterocycles. The predicted molar refractivity (Wildman–Crippen MR) is 145 cm³/mol. The smallest absolute Gasteiger partial charge is 0.338 e. The number of rotatable bonds is 7. The molecule has 4 aromatic rings. The zero-order valence-electron chi connectivity index (χ0n) is 20.7. The lowest BCUT2D eigenvalue weighted by Crippen LogP contribution is -2.25. The minimum absolute atomic E-state index is 0.00507. The third-order valence-electron chi connectivity index (χ3n) is 6.07. The number of nitrogens with zero attached hydrogens (tertiary/aromatic N) is 2. The molecule has 0 unspecified atom stereocenters. The third kappa shape index (κ3) is 5.05. The number of phenols is 1. The molecular weight excluding hydrogens is 500 g/mol. The van der Waals surface area contributed by atoms with Crippen molar-refractivity contribution in [3.05, 3.63) is 124 Å². The zero-order valence-corrected chi connectivity index (χ0v) is 20.7. The standard InChI is InChI=1S/C30H22N2O7/c1-2-38-30(35)21-10-8-20(9-11-21)28-15-13-24(39-28)16-22-17-25(19-6-4-3-5-7-19)31(29(22)34)26-18-23(32(36)37)12-14-27(26)33/h3-18,33H,2H2,1H3/b22-16-. The number of nitro benzene ring substituents is 1. The predicted octanol–water partition coefficient (Wildman–Crippen LogP) is 6.21. The number of esters is 1. The van der Waals surface area contributed by atoms with E-state index < -0.39 is 16.8 Å². The summed E-state index contributed by atoms with van der Waals surface area (Å²) in [6, 6.07) is 22.8. The molecule has 1 aliphatic rings. The molecule has 1 amide bonds. The number of anilines is 1. The van der Waals surface area contributed by atoms with Crippen molar-refractivity contribution in [2.45, 2.75) is 6.92 Å². The van der Waals surface area contributed by atoms with Gasteiger partial charge in [-0.2, -0.15) is 0 Å². The summed E-state index contributed by atoms with van der Waals surface area (Å²) in [6.45, 7) is 2.03. The first kappa shape index (κ1) is 25.2. The van der Waals surface area contributed by atoms with Crippen molar-refractivity contribution in [3.63, 3.8) is 0 Å². The monoisotopic (exact) mass is 522 g/mol. The molecule has 39 heavy (non-hydrogen) atoms. The van der Waals surface area contributed by atoms with Crippen LogP contribution in [0.25, 0.3) is 23.1 Å². The van der Waals surface area contributed by atoms with E-state index in [1.807, 2.05) is 6.07 Å². The van der Waals surface area contributed by atoms with Crippen molar-refractivity contribution in [1.29, 1.82) is 0 Å². The highest BCUT2D eigenvalue weighted by molar-refractivity contribution is 6.23. The minimum Gasteiger partial charge on any atom is -0.506 e. The molecule has 3 aromatic carbocycles. The fourth-order valence-corrected chi connectivity index (χ4v) is 4.20. The lowest BCUT2D eigenvalue weighted by atomic mass is 10.1. The summed E-state index contributed by atoms with van der Waals surface area (Å²) in [6.07, 6.45) is 3.21. The molecule has 0 saturated carbocycles. The maximum Gasteiger partial charge on any atom is 0.338 e. The molecule has 0 fully saturated rings. The molecular formula is C30H22N2O7. The van der Waals surface area contributed by atoms with Gasteiger partial charge in [0.1, 0.15) is 17.3 Å². The molecule has 0 atom stereocenters.